The second-order valence-corrected chi connectivity index (χ2v) is 39.7. The first kappa shape index (κ1) is 73.8. The van der Waals surface area contributed by atoms with Gasteiger partial charge in [-0.25, -0.2) is 8.78 Å². The fourth-order valence-corrected chi connectivity index (χ4v) is 26.4. The Morgan fingerprint density at radius 2 is 0.929 bits per heavy atom. The van der Waals surface area contributed by atoms with Crippen LogP contribution in [0.2, 0.25) is 43.3 Å². The van der Waals surface area contributed by atoms with Crippen LogP contribution >= 0.6 is 23.2 Å². The monoisotopic (exact) mass is 1400 g/mol. The largest absolute Gasteiger partial charge is 0.542 e. The number of halogens is 4. The number of amides is 1. The average Bonchev–Trinajstić information content (AvgIpc) is 1.53. The van der Waals surface area contributed by atoms with Gasteiger partial charge in [0.1, 0.15) is 52.1 Å². The Labute approximate surface area is 597 Å². The van der Waals surface area contributed by atoms with Crippen molar-refractivity contribution in [3.63, 3.8) is 0 Å². The summed E-state index contributed by atoms with van der Waals surface area (Å²) in [6, 6.07) is 58.6. The van der Waals surface area contributed by atoms with Crippen LogP contribution in [0.15, 0.2) is 194 Å². The van der Waals surface area contributed by atoms with Crippen LogP contribution in [0.3, 0.4) is 0 Å². The van der Waals surface area contributed by atoms with E-state index in [1.54, 1.807) is 30.5 Å². The molecule has 0 fully saturated rings. The summed E-state index contributed by atoms with van der Waals surface area (Å²) in [4.78, 5) is 26.8. The maximum atomic E-state index is 15.1. The third-order valence-electron chi connectivity index (χ3n) is 20.1. The Balaban J connectivity index is 0.000000214. The number of ether oxygens (including phenoxy) is 2. The normalized spacial score (nSPS) is 12.9. The fraction of sp³-hybridized carbons (Fsp3) is 0.345. The lowest BCUT2D eigenvalue weighted by Crippen LogP contribution is -2.51. The predicted molar refractivity (Wildman–Crippen MR) is 408 cm³/mol. The average molecular weight is 1410 g/mol. The van der Waals surface area contributed by atoms with Crippen LogP contribution in [-0.2, 0) is 25.9 Å². The van der Waals surface area contributed by atoms with Crippen molar-refractivity contribution in [3.8, 4) is 23.0 Å². The molecular weight excluding hydrogens is 1310 g/mol. The number of aromatic nitrogens is 2. The van der Waals surface area contributed by atoms with Gasteiger partial charge < -0.3 is 28.5 Å². The van der Waals surface area contributed by atoms with Crippen molar-refractivity contribution in [1.82, 2.24) is 20.2 Å². The summed E-state index contributed by atoms with van der Waals surface area (Å²) in [6.07, 6.45) is 5.79. The Morgan fingerprint density at radius 1 is 0.515 bits per heavy atom. The topological polar surface area (TPSA) is 95.0 Å². The zero-order valence-electron chi connectivity index (χ0n) is 59.6. The molecule has 1 aliphatic rings. The minimum absolute atomic E-state index is 0.0333. The number of carbonyl (C=O) groups excluding carboxylic acids is 1. The van der Waals surface area contributed by atoms with E-state index >= 15 is 4.79 Å². The quantitative estimate of drug-likeness (QED) is 0.0423. The molecule has 15 heteroatoms. The predicted octanol–water partition coefficient (Wildman–Crippen LogP) is 23.1. The van der Waals surface area contributed by atoms with E-state index in [0.717, 1.165) is 104 Å². The Morgan fingerprint density at radius 3 is 1.38 bits per heavy atom. The molecule has 0 saturated heterocycles. The molecule has 0 unspecified atom stereocenters. The van der Waals surface area contributed by atoms with Crippen molar-refractivity contribution in [2.24, 2.45) is 0 Å². The maximum absolute atomic E-state index is 15.1. The Bertz CT molecular complexity index is 4230. The van der Waals surface area contributed by atoms with E-state index < -0.39 is 34.4 Å². The number of fused-ring (bicyclic) bond motifs is 3. The van der Waals surface area contributed by atoms with E-state index in [2.05, 4.69) is 156 Å². The highest BCUT2D eigenvalue weighted by atomic mass is 35.5. The number of rotatable bonds is 26. The molecule has 0 aliphatic carbocycles. The SMILES string of the molecule is CC(C)[Si](Oc1c2c(c(OC(c3ccccc3)c3ccccc3)c3ncccc13)C(=O)N(Cc1ccc(F)c(Cl)c1)CCC2)(C(C)C)C(C)C.Cc1c(CCCNCc2ccc(F)c(Cl)c2)c(O[Si](C(C)C)(C(C)C)C(C)C)c2cccnc2c1OC(c1ccccc1)c1ccccc1. The molecule has 3 heterocycles. The molecule has 1 N–H and O–H groups in total. The van der Waals surface area contributed by atoms with Gasteiger partial charge >= 0.3 is 0 Å². The summed E-state index contributed by atoms with van der Waals surface area (Å²) >= 11 is 12.2. The summed E-state index contributed by atoms with van der Waals surface area (Å²) in [5, 5.41) is 5.55. The van der Waals surface area contributed by atoms with Crippen LogP contribution in [0.1, 0.15) is 169 Å². The summed E-state index contributed by atoms with van der Waals surface area (Å²) in [5.74, 6) is 1.89. The van der Waals surface area contributed by atoms with Crippen molar-refractivity contribution < 1.29 is 31.9 Å². The highest BCUT2D eigenvalue weighted by Gasteiger charge is 2.50. The summed E-state index contributed by atoms with van der Waals surface area (Å²) < 4.78 is 57.2. The lowest BCUT2D eigenvalue weighted by molar-refractivity contribution is 0.0743. The summed E-state index contributed by atoms with van der Waals surface area (Å²) in [7, 11) is -4.80. The molecule has 99 heavy (non-hydrogen) atoms. The van der Waals surface area contributed by atoms with Gasteiger partial charge in [0.25, 0.3) is 22.5 Å². The molecule has 0 radical (unpaired) electrons. The molecule has 0 saturated carbocycles. The van der Waals surface area contributed by atoms with Gasteiger partial charge in [-0.05, 0) is 154 Å². The number of pyridine rings is 2. The molecule has 11 rings (SSSR count). The van der Waals surface area contributed by atoms with Gasteiger partial charge in [-0.3, -0.25) is 14.8 Å². The van der Waals surface area contributed by atoms with E-state index in [1.807, 2.05) is 96.0 Å². The lowest BCUT2D eigenvalue weighted by atomic mass is 9.96. The molecule has 1 aliphatic heterocycles. The van der Waals surface area contributed by atoms with E-state index in [-0.39, 0.29) is 28.6 Å². The second kappa shape index (κ2) is 33.0. The standard InChI is InChI=1S/C42H46ClFN2O3Si.C42H50ClFN2O2Si/c1-27(2)50(28(3)4,29(5)6)49-40-33-20-14-24-46(26-30-21-22-36(44)35(43)25-30)42(47)37(33)41(38-34(40)19-13-23-45-38)48-39(31-15-9-7-10-16-31)32-17-11-8-12-18-32;1-28(2)49(29(3)4,30(5)6)48-42-35(20-14-24-45-27-32-22-23-38(44)37(43)26-32)31(7)40(39-36(42)21-15-25-46-39)47-41(33-16-10-8-11-17-33)34-18-12-9-13-19-34/h7-13,15-19,21-23,25,27-29,39H,14,20,24,26H2,1-6H3;8-13,15-19,21-23,25-26,28-30,41,45H,14,20,24,27H2,1-7H3. The molecular formula is C84H96Cl2F2N4O5Si2. The number of nitrogens with zero attached hydrogens (tertiary/aromatic N) is 3. The van der Waals surface area contributed by atoms with Crippen molar-refractivity contribution >= 4 is 67.5 Å². The van der Waals surface area contributed by atoms with Crippen LogP contribution in [0.5, 0.6) is 23.0 Å². The van der Waals surface area contributed by atoms with Crippen LogP contribution in [-0.4, -0.2) is 50.5 Å². The molecule has 0 bridgehead atoms. The first-order valence-corrected chi connectivity index (χ1v) is 40.2. The third-order valence-corrected chi connectivity index (χ3v) is 32.6. The number of carbonyl (C=O) groups is 1. The zero-order chi connectivity index (χ0) is 70.7. The zero-order valence-corrected chi connectivity index (χ0v) is 63.2. The highest BCUT2D eigenvalue weighted by molar-refractivity contribution is 6.79. The van der Waals surface area contributed by atoms with E-state index in [9.17, 15) is 8.78 Å². The molecule has 518 valence electrons. The molecule has 10 aromatic rings. The van der Waals surface area contributed by atoms with Crippen molar-refractivity contribution in [2.45, 2.75) is 174 Å². The van der Waals surface area contributed by atoms with Gasteiger partial charge in [-0.2, -0.15) is 0 Å². The minimum atomic E-state index is -2.47. The van der Waals surface area contributed by atoms with E-state index in [1.165, 1.54) is 17.7 Å². The van der Waals surface area contributed by atoms with Crippen molar-refractivity contribution in [1.29, 1.82) is 0 Å². The lowest BCUT2D eigenvalue weighted by Gasteiger charge is -2.43. The number of benzene rings is 8. The van der Waals surface area contributed by atoms with Crippen LogP contribution < -0.4 is 23.6 Å². The highest BCUT2D eigenvalue weighted by Crippen LogP contribution is 2.52. The van der Waals surface area contributed by atoms with E-state index in [0.29, 0.717) is 69.6 Å². The molecule has 9 nitrogen and oxygen atoms in total. The first-order chi connectivity index (χ1) is 47.6. The summed E-state index contributed by atoms with van der Waals surface area (Å²) in [5.41, 5.74) is 13.0. The van der Waals surface area contributed by atoms with Crippen LogP contribution in [0, 0.1) is 18.6 Å². The van der Waals surface area contributed by atoms with Crippen molar-refractivity contribution in [2.75, 3.05) is 13.1 Å². The smallest absolute Gasteiger partial charge is 0.258 e. The van der Waals surface area contributed by atoms with Crippen LogP contribution in [0.4, 0.5) is 8.78 Å². The summed E-state index contributed by atoms with van der Waals surface area (Å²) in [6.45, 7) is 31.9. The Hall–Kier alpha value is -7.92. The molecule has 0 spiro atoms. The van der Waals surface area contributed by atoms with Gasteiger partial charge in [0.15, 0.2) is 5.75 Å². The maximum Gasteiger partial charge on any atom is 0.258 e. The minimum Gasteiger partial charge on any atom is -0.542 e. The number of hydrogen-bond acceptors (Lipinski definition) is 8. The molecule has 0 atom stereocenters. The fourth-order valence-electron chi connectivity index (χ4n) is 15.4. The molecule has 2 aromatic heterocycles. The molecule has 8 aromatic carbocycles. The van der Waals surface area contributed by atoms with Crippen molar-refractivity contribution in [3.05, 3.63) is 272 Å². The number of hydrogen-bond donors (Lipinski definition) is 1. The van der Waals surface area contributed by atoms with Gasteiger partial charge in [0.05, 0.1) is 15.6 Å². The molecule has 1 amide bonds. The Kier molecular flexibility index (Phi) is 24.6. The van der Waals surface area contributed by atoms with Crippen LogP contribution in [0.25, 0.3) is 21.8 Å². The second-order valence-electron chi connectivity index (χ2n) is 28.2. The van der Waals surface area contributed by atoms with Gasteiger partial charge in [0.2, 0.25) is 0 Å². The van der Waals surface area contributed by atoms with Gasteiger partial charge in [-0.15, -0.1) is 0 Å². The third kappa shape index (κ3) is 16.1. The number of nitrogens with one attached hydrogen (secondary N) is 1. The van der Waals surface area contributed by atoms with Gasteiger partial charge in [0, 0.05) is 59.5 Å². The van der Waals surface area contributed by atoms with Gasteiger partial charge in [-0.1, -0.05) is 240 Å². The first-order valence-electron chi connectivity index (χ1n) is 35.2. The van der Waals surface area contributed by atoms with E-state index in [4.69, 9.17) is 51.5 Å².